The monoisotopic (exact) mass is 1830 g/mol. The Morgan fingerprint density at radius 3 is 0.820 bits per heavy atom. The number of hydrogen-bond acceptors (Lipinski definition) is 9. The van der Waals surface area contributed by atoms with E-state index in [0.717, 1.165) is 99.9 Å². The first kappa shape index (κ1) is 81.1. The van der Waals surface area contributed by atoms with Crippen LogP contribution < -0.4 is 14.7 Å². The first-order valence-corrected chi connectivity index (χ1v) is 49.5. The van der Waals surface area contributed by atoms with Gasteiger partial charge in [-0.2, -0.15) is 0 Å². The first-order chi connectivity index (χ1) is 68.9. The average molecular weight is 1830 g/mol. The topological polar surface area (TPSA) is 49.1 Å². The molecule has 0 saturated carbocycles. The third-order valence-electron chi connectivity index (χ3n) is 27.6. The van der Waals surface area contributed by atoms with Gasteiger partial charge in [0.15, 0.2) is 0 Å². The number of para-hydroxylation sites is 4. The Hall–Kier alpha value is -17.4. The lowest BCUT2D eigenvalue weighted by Crippen LogP contribution is -2.11. The van der Waals surface area contributed by atoms with Gasteiger partial charge in [-0.05, 0) is 217 Å². The van der Waals surface area contributed by atoms with E-state index in [2.05, 4.69) is 470 Å². The molecule has 9 heteroatoms. The lowest BCUT2D eigenvalue weighted by Gasteiger charge is -2.28. The van der Waals surface area contributed by atoms with Gasteiger partial charge in [0.05, 0.1) is 48.2 Å². The molecular formula is C130H81N3O3S3. The zero-order valence-corrected chi connectivity index (χ0v) is 77.5. The van der Waals surface area contributed by atoms with Gasteiger partial charge in [-0.3, -0.25) is 0 Å². The SMILES string of the molecule is c1ccc(-c2ccc(N(c3ccc(-c4ccc5oc6ccccc6c5c4)c4ccccc34)c3cccc4c3sc3ccccc34)cc2)cc1.c1ccc(N(c2ccc(-c3ccc4oc5ccccc5c4c3)c3ccccc23)c2cccc3c2sc2ccccc23)cc1.c1ccc2cc(N(c3ccc(-c4ccc5oc6ccccc6c5c4)c4ccccc34)c3cccc4c3sc3ccccc34)ccc2c1. The van der Waals surface area contributed by atoms with Crippen molar-refractivity contribution in [2.45, 2.75) is 0 Å². The lowest BCUT2D eigenvalue weighted by molar-refractivity contribution is 0.668. The fourth-order valence-electron chi connectivity index (χ4n) is 21.1. The molecule has 29 aromatic rings. The Kier molecular flexibility index (Phi) is 19.8. The molecule has 29 rings (SSSR count). The summed E-state index contributed by atoms with van der Waals surface area (Å²) in [5, 5.41) is 24.3. The molecule has 6 aromatic heterocycles. The van der Waals surface area contributed by atoms with Crippen molar-refractivity contribution < 1.29 is 13.3 Å². The number of nitrogens with zero attached hydrogens (tertiary/aromatic N) is 3. The summed E-state index contributed by atoms with van der Waals surface area (Å²) in [5.74, 6) is 0. The summed E-state index contributed by atoms with van der Waals surface area (Å²) >= 11 is 5.59. The molecule has 0 saturated heterocycles. The van der Waals surface area contributed by atoms with Crippen molar-refractivity contribution in [3.63, 3.8) is 0 Å². The standard InChI is InChI=1S/C46H29NOS.C44H27NOS.C40H25NOS/c1-2-11-30(12-3-1)31-21-24-33(25-22-31)47(42-18-10-17-39-38-16-7-9-20-45(38)49-46(39)42)41-27-26-34(35-13-4-5-14-36(35)41)32-23-28-44-40(29-32)37-15-6-8-19-43(37)48-44;1-2-11-29-26-31(22-20-28(29)10-1)45(40-17-9-16-37-36-15-6-8-19-43(36)47-44(37)40)39-24-23-32(33-12-3-4-13-34(33)39)30-21-25-42-38(27-30)35-14-5-7-18-41(35)46-42;1-2-11-27(12-3-1)41(36-18-10-17-33-32-16-7-9-20-39(32)43-40(33)36)35-23-22-28(29-13-4-5-14-30(29)35)26-21-24-38-34(25-26)31-15-6-8-19-37(31)42-38/h1-29H;1-27H;1-25H. The maximum Gasteiger partial charge on any atom is 0.135 e. The molecule has 6 heterocycles. The Bertz CT molecular complexity index is 9910. The van der Waals surface area contributed by atoms with Crippen LogP contribution in [0.1, 0.15) is 0 Å². The second kappa shape index (κ2) is 33.9. The highest BCUT2D eigenvalue weighted by molar-refractivity contribution is 7.27. The van der Waals surface area contributed by atoms with Crippen molar-refractivity contribution in [1.82, 2.24) is 0 Å². The number of rotatable bonds is 13. The van der Waals surface area contributed by atoms with E-state index >= 15 is 0 Å². The smallest absolute Gasteiger partial charge is 0.135 e. The third-order valence-corrected chi connectivity index (χ3v) is 31.2. The first-order valence-electron chi connectivity index (χ1n) is 47.0. The molecule has 0 bridgehead atoms. The molecule has 0 amide bonds. The highest BCUT2D eigenvalue weighted by Gasteiger charge is 2.28. The predicted octanol–water partition coefficient (Wildman–Crippen LogP) is 39.6. The van der Waals surface area contributed by atoms with Crippen molar-refractivity contribution >= 4 is 255 Å². The van der Waals surface area contributed by atoms with Gasteiger partial charge in [0.25, 0.3) is 0 Å². The number of benzene rings is 23. The fourth-order valence-corrected chi connectivity index (χ4v) is 24.8. The number of hydrogen-bond donors (Lipinski definition) is 0. The highest BCUT2D eigenvalue weighted by Crippen LogP contribution is 2.54. The maximum atomic E-state index is 6.17. The minimum atomic E-state index is 0.910. The molecular weight excluding hydrogens is 1750 g/mol. The van der Waals surface area contributed by atoms with E-state index < -0.39 is 0 Å². The molecule has 652 valence electrons. The van der Waals surface area contributed by atoms with Crippen LogP contribution in [0.25, 0.3) is 214 Å². The van der Waals surface area contributed by atoms with Crippen molar-refractivity contribution in [3.05, 3.63) is 491 Å². The van der Waals surface area contributed by atoms with Crippen LogP contribution in [0.5, 0.6) is 0 Å². The third kappa shape index (κ3) is 14.0. The van der Waals surface area contributed by atoms with Crippen LogP contribution in [0.2, 0.25) is 0 Å². The van der Waals surface area contributed by atoms with Crippen LogP contribution in [0.15, 0.2) is 505 Å². The van der Waals surface area contributed by atoms with Crippen LogP contribution >= 0.6 is 34.0 Å². The van der Waals surface area contributed by atoms with Crippen molar-refractivity contribution in [1.29, 1.82) is 0 Å². The molecule has 6 nitrogen and oxygen atoms in total. The summed E-state index contributed by atoms with van der Waals surface area (Å²) in [4.78, 5) is 7.34. The molecule has 139 heavy (non-hydrogen) atoms. The molecule has 0 spiro atoms. The van der Waals surface area contributed by atoms with Crippen molar-refractivity contribution in [3.8, 4) is 44.5 Å². The van der Waals surface area contributed by atoms with Crippen LogP contribution in [0.4, 0.5) is 51.2 Å². The van der Waals surface area contributed by atoms with Gasteiger partial charge < -0.3 is 28.0 Å². The van der Waals surface area contributed by atoms with Crippen LogP contribution in [0, 0.1) is 0 Å². The number of furan rings is 3. The molecule has 0 aliphatic rings. The molecule has 0 unspecified atom stereocenters. The maximum absolute atomic E-state index is 6.17. The summed E-state index contributed by atoms with van der Waals surface area (Å²) in [6.45, 7) is 0. The summed E-state index contributed by atoms with van der Waals surface area (Å²) < 4.78 is 26.2. The number of thiophene rings is 3. The van der Waals surface area contributed by atoms with Crippen LogP contribution in [0.3, 0.4) is 0 Å². The second-order valence-electron chi connectivity index (χ2n) is 35.5. The van der Waals surface area contributed by atoms with Gasteiger partial charge in [-0.15, -0.1) is 34.0 Å². The summed E-state index contributed by atoms with van der Waals surface area (Å²) in [6, 6.07) is 177. The van der Waals surface area contributed by atoms with E-state index in [1.54, 1.807) is 0 Å². The molecule has 0 atom stereocenters. The molecule has 0 N–H and O–H groups in total. The quantitative estimate of drug-likeness (QED) is 0.115. The Labute approximate surface area is 812 Å². The minimum Gasteiger partial charge on any atom is -0.456 e. The van der Waals surface area contributed by atoms with E-state index in [1.807, 2.05) is 70.4 Å². The van der Waals surface area contributed by atoms with Gasteiger partial charge in [-0.1, -0.05) is 346 Å². The summed E-state index contributed by atoms with van der Waals surface area (Å²) in [7, 11) is 0. The number of fused-ring (bicyclic) bond motifs is 22. The fraction of sp³-hybridized carbons (Fsp3) is 0. The zero-order valence-electron chi connectivity index (χ0n) is 75.1. The van der Waals surface area contributed by atoms with E-state index in [9.17, 15) is 0 Å². The van der Waals surface area contributed by atoms with Crippen molar-refractivity contribution in [2.75, 3.05) is 14.7 Å². The Balaban J connectivity index is 0.000000105. The van der Waals surface area contributed by atoms with Gasteiger partial charge >= 0.3 is 0 Å². The molecule has 0 fully saturated rings. The summed E-state index contributed by atoms with van der Waals surface area (Å²) in [5.41, 5.74) is 25.4. The Morgan fingerprint density at radius 1 is 0.144 bits per heavy atom. The molecule has 0 aliphatic carbocycles. The van der Waals surface area contributed by atoms with Gasteiger partial charge in [-0.25, -0.2) is 0 Å². The largest absolute Gasteiger partial charge is 0.456 e. The summed E-state index contributed by atoms with van der Waals surface area (Å²) in [6.07, 6.45) is 0. The van der Waals surface area contributed by atoms with E-state index in [4.69, 9.17) is 13.3 Å². The lowest BCUT2D eigenvalue weighted by atomic mass is 9.95. The normalized spacial score (nSPS) is 11.7. The number of anilines is 9. The van der Waals surface area contributed by atoms with E-state index in [0.29, 0.717) is 0 Å². The van der Waals surface area contributed by atoms with E-state index in [-0.39, 0.29) is 0 Å². The van der Waals surface area contributed by atoms with Crippen LogP contribution in [-0.4, -0.2) is 0 Å². The van der Waals surface area contributed by atoms with Gasteiger partial charge in [0.2, 0.25) is 0 Å². The van der Waals surface area contributed by atoms with E-state index in [1.165, 1.54) is 165 Å². The van der Waals surface area contributed by atoms with Crippen LogP contribution in [-0.2, 0) is 0 Å². The van der Waals surface area contributed by atoms with Gasteiger partial charge in [0, 0.05) is 112 Å². The molecule has 23 aromatic carbocycles. The highest BCUT2D eigenvalue weighted by atomic mass is 32.1. The molecule has 0 radical (unpaired) electrons. The Morgan fingerprint density at radius 2 is 0.424 bits per heavy atom. The average Bonchev–Trinajstić information content (AvgIpc) is 1.73. The van der Waals surface area contributed by atoms with Gasteiger partial charge in [0.1, 0.15) is 33.5 Å². The second-order valence-corrected chi connectivity index (χ2v) is 38.7. The van der Waals surface area contributed by atoms with Crippen molar-refractivity contribution in [2.24, 2.45) is 0 Å². The molecule has 0 aliphatic heterocycles. The zero-order chi connectivity index (χ0) is 91.5. The predicted molar refractivity (Wildman–Crippen MR) is 596 cm³/mol. The minimum absolute atomic E-state index is 0.910.